The Morgan fingerprint density at radius 2 is 1.84 bits per heavy atom. The molecule has 0 fully saturated rings. The molecule has 0 amide bonds. The monoisotopic (exact) mass is 280 g/mol. The Morgan fingerprint density at radius 1 is 1.21 bits per heavy atom. The van der Waals surface area contributed by atoms with Gasteiger partial charge in [-0.1, -0.05) is 23.7 Å². The maximum Gasteiger partial charge on any atom is 0.341 e. The zero-order chi connectivity index (χ0) is 14.0. The summed E-state index contributed by atoms with van der Waals surface area (Å²) in [6, 6.07) is 8.66. The minimum atomic E-state index is -0.646. The fraction of sp³-hybridized carbons (Fsp3) is 0.0714. The Bertz CT molecular complexity index is 641. The molecule has 0 heterocycles. The fourth-order valence-electron chi connectivity index (χ4n) is 1.66. The lowest BCUT2D eigenvalue weighted by Crippen LogP contribution is -2.01. The van der Waals surface area contributed by atoms with Gasteiger partial charge in [0.1, 0.15) is 17.1 Å². The summed E-state index contributed by atoms with van der Waals surface area (Å²) in [7, 11) is 1.23. The van der Waals surface area contributed by atoms with Crippen molar-refractivity contribution in [3.05, 3.63) is 52.8 Å². The number of halogens is 2. The van der Waals surface area contributed by atoms with E-state index < -0.39 is 11.8 Å². The van der Waals surface area contributed by atoms with E-state index in [1.165, 1.54) is 37.4 Å². The lowest BCUT2D eigenvalue weighted by molar-refractivity contribution is 0.0597. The van der Waals surface area contributed by atoms with E-state index in [-0.39, 0.29) is 16.3 Å². The van der Waals surface area contributed by atoms with Crippen LogP contribution in [0.5, 0.6) is 5.75 Å². The molecule has 2 aromatic rings. The number of rotatable bonds is 2. The molecule has 3 nitrogen and oxygen atoms in total. The third-order valence-corrected chi connectivity index (χ3v) is 2.94. The van der Waals surface area contributed by atoms with Crippen molar-refractivity contribution in [2.45, 2.75) is 0 Å². The van der Waals surface area contributed by atoms with Gasteiger partial charge in [-0.15, -0.1) is 0 Å². The molecule has 0 spiro atoms. The number of methoxy groups -OCH3 is 1. The highest BCUT2D eigenvalue weighted by molar-refractivity contribution is 6.31. The fourth-order valence-corrected chi connectivity index (χ4v) is 1.85. The van der Waals surface area contributed by atoms with Gasteiger partial charge in [-0.25, -0.2) is 9.18 Å². The number of ether oxygens (including phenoxy) is 1. The second-order valence-electron chi connectivity index (χ2n) is 3.85. The molecule has 0 saturated heterocycles. The molecule has 0 aliphatic carbocycles. The first-order chi connectivity index (χ1) is 9.02. The van der Waals surface area contributed by atoms with Gasteiger partial charge in [0.25, 0.3) is 0 Å². The first kappa shape index (κ1) is 13.4. The van der Waals surface area contributed by atoms with Gasteiger partial charge >= 0.3 is 5.97 Å². The van der Waals surface area contributed by atoms with Crippen LogP contribution in [0.1, 0.15) is 10.4 Å². The number of hydrogen-bond acceptors (Lipinski definition) is 3. The molecule has 0 saturated carbocycles. The minimum absolute atomic E-state index is 0.00908. The predicted molar refractivity (Wildman–Crippen MR) is 69.9 cm³/mol. The van der Waals surface area contributed by atoms with Crippen LogP contribution in [0.3, 0.4) is 0 Å². The van der Waals surface area contributed by atoms with Crippen molar-refractivity contribution in [2.24, 2.45) is 0 Å². The molecule has 0 unspecified atom stereocenters. The topological polar surface area (TPSA) is 46.5 Å². The second kappa shape index (κ2) is 5.28. The van der Waals surface area contributed by atoms with Gasteiger partial charge in [-0.3, -0.25) is 0 Å². The summed E-state index contributed by atoms with van der Waals surface area (Å²) in [5, 5.41) is 9.59. The number of carbonyl (C=O) groups excluding carboxylic acids is 1. The second-order valence-corrected chi connectivity index (χ2v) is 4.26. The summed E-state index contributed by atoms with van der Waals surface area (Å²) in [6.45, 7) is 0. The van der Waals surface area contributed by atoms with Gasteiger partial charge in [0.2, 0.25) is 0 Å². The van der Waals surface area contributed by atoms with Crippen LogP contribution < -0.4 is 0 Å². The zero-order valence-electron chi connectivity index (χ0n) is 9.98. The molecule has 5 heteroatoms. The van der Waals surface area contributed by atoms with Crippen molar-refractivity contribution in [1.29, 1.82) is 0 Å². The number of benzene rings is 2. The molecular formula is C14H10ClFO3. The van der Waals surface area contributed by atoms with Crippen LogP contribution >= 0.6 is 11.6 Å². The highest BCUT2D eigenvalue weighted by atomic mass is 35.5. The molecule has 0 atom stereocenters. The molecule has 0 aromatic heterocycles. The molecular weight excluding hydrogens is 271 g/mol. The summed E-state index contributed by atoms with van der Waals surface area (Å²) in [5.74, 6) is -1.34. The molecule has 2 rings (SSSR count). The third-order valence-electron chi connectivity index (χ3n) is 2.65. The molecule has 0 radical (unpaired) electrons. The standard InChI is InChI=1S/C14H10ClFO3/c1-19-14(18)10-6-8(3-5-13(10)17)9-2-4-12(16)11(15)7-9/h2-7,17H,1H3. The van der Waals surface area contributed by atoms with Crippen molar-refractivity contribution in [3.8, 4) is 16.9 Å². The van der Waals surface area contributed by atoms with Crippen molar-refractivity contribution in [1.82, 2.24) is 0 Å². The largest absolute Gasteiger partial charge is 0.507 e. The Labute approximate surface area is 114 Å². The lowest BCUT2D eigenvalue weighted by Gasteiger charge is -2.07. The van der Waals surface area contributed by atoms with E-state index in [1.807, 2.05) is 0 Å². The molecule has 19 heavy (non-hydrogen) atoms. The zero-order valence-corrected chi connectivity index (χ0v) is 10.7. The van der Waals surface area contributed by atoms with Crippen LogP contribution in [0.2, 0.25) is 5.02 Å². The van der Waals surface area contributed by atoms with Crippen molar-refractivity contribution in [2.75, 3.05) is 7.11 Å². The maximum atomic E-state index is 13.1. The Kier molecular flexibility index (Phi) is 3.71. The van der Waals surface area contributed by atoms with Crippen molar-refractivity contribution in [3.63, 3.8) is 0 Å². The molecule has 1 N–H and O–H groups in total. The number of aromatic hydroxyl groups is 1. The van der Waals surface area contributed by atoms with Gasteiger partial charge in [-0.05, 0) is 35.4 Å². The van der Waals surface area contributed by atoms with Gasteiger partial charge in [0, 0.05) is 0 Å². The third kappa shape index (κ3) is 2.69. The summed E-state index contributed by atoms with van der Waals surface area (Å²) in [5.41, 5.74) is 1.30. The molecule has 0 bridgehead atoms. The van der Waals surface area contributed by atoms with Crippen LogP contribution in [0.4, 0.5) is 4.39 Å². The highest BCUT2D eigenvalue weighted by Gasteiger charge is 2.13. The molecule has 0 aliphatic rings. The average molecular weight is 281 g/mol. The van der Waals surface area contributed by atoms with E-state index in [0.29, 0.717) is 11.1 Å². The van der Waals surface area contributed by atoms with E-state index in [0.717, 1.165) is 0 Å². The van der Waals surface area contributed by atoms with E-state index in [2.05, 4.69) is 4.74 Å². The molecule has 2 aromatic carbocycles. The van der Waals surface area contributed by atoms with Gasteiger partial charge < -0.3 is 9.84 Å². The predicted octanol–water partition coefficient (Wildman–Crippen LogP) is 3.64. The summed E-state index contributed by atoms with van der Waals surface area (Å²) < 4.78 is 17.7. The minimum Gasteiger partial charge on any atom is -0.507 e. The summed E-state index contributed by atoms with van der Waals surface area (Å²) >= 11 is 5.71. The number of phenols is 1. The number of phenolic OH excluding ortho intramolecular Hbond substituents is 1. The van der Waals surface area contributed by atoms with Crippen molar-refractivity contribution >= 4 is 17.6 Å². The maximum absolute atomic E-state index is 13.1. The van der Waals surface area contributed by atoms with Crippen LogP contribution in [-0.2, 0) is 4.74 Å². The van der Waals surface area contributed by atoms with Gasteiger partial charge in [-0.2, -0.15) is 0 Å². The first-order valence-corrected chi connectivity index (χ1v) is 5.77. The molecule has 98 valence electrons. The smallest absolute Gasteiger partial charge is 0.341 e. The first-order valence-electron chi connectivity index (χ1n) is 5.39. The van der Waals surface area contributed by atoms with E-state index in [4.69, 9.17) is 11.6 Å². The SMILES string of the molecule is COC(=O)c1cc(-c2ccc(F)c(Cl)c2)ccc1O. The van der Waals surface area contributed by atoms with Crippen molar-refractivity contribution < 1.29 is 19.0 Å². The Balaban J connectivity index is 2.51. The molecule has 0 aliphatic heterocycles. The Morgan fingerprint density at radius 3 is 2.47 bits per heavy atom. The number of esters is 1. The lowest BCUT2D eigenvalue weighted by atomic mass is 10.0. The number of carbonyl (C=O) groups is 1. The van der Waals surface area contributed by atoms with Gasteiger partial charge in [0.05, 0.1) is 12.1 Å². The Hall–Kier alpha value is -2.07. The quantitative estimate of drug-likeness (QED) is 0.854. The van der Waals surface area contributed by atoms with Crippen LogP contribution in [-0.4, -0.2) is 18.2 Å². The van der Waals surface area contributed by atoms with Crippen LogP contribution in [0.15, 0.2) is 36.4 Å². The average Bonchev–Trinajstić information content (AvgIpc) is 2.41. The highest BCUT2D eigenvalue weighted by Crippen LogP contribution is 2.29. The summed E-state index contributed by atoms with van der Waals surface area (Å²) in [6.07, 6.45) is 0. The van der Waals surface area contributed by atoms with E-state index >= 15 is 0 Å². The van der Waals surface area contributed by atoms with Crippen LogP contribution in [0.25, 0.3) is 11.1 Å². The van der Waals surface area contributed by atoms with E-state index in [9.17, 15) is 14.3 Å². The normalized spacial score (nSPS) is 10.3. The van der Waals surface area contributed by atoms with E-state index in [1.54, 1.807) is 6.07 Å². The van der Waals surface area contributed by atoms with Gasteiger partial charge in [0.15, 0.2) is 0 Å². The number of hydrogen-bond donors (Lipinski definition) is 1. The summed E-state index contributed by atoms with van der Waals surface area (Å²) in [4.78, 5) is 11.5. The van der Waals surface area contributed by atoms with Crippen LogP contribution in [0, 0.1) is 5.82 Å².